The molecule has 0 radical (unpaired) electrons. The molecule has 1 unspecified atom stereocenters. The summed E-state index contributed by atoms with van der Waals surface area (Å²) in [6, 6.07) is 1.74. The Labute approximate surface area is 189 Å². The van der Waals surface area contributed by atoms with E-state index in [0.717, 1.165) is 35.7 Å². The van der Waals surface area contributed by atoms with Crippen LogP contribution < -0.4 is 20.7 Å². The second kappa shape index (κ2) is 6.98. The zero-order valence-corrected chi connectivity index (χ0v) is 18.7. The molecule has 1 aromatic carbocycles. The van der Waals surface area contributed by atoms with Crippen molar-refractivity contribution in [2.45, 2.75) is 32.7 Å². The zero-order chi connectivity index (χ0) is 22.9. The lowest BCUT2D eigenvalue weighted by atomic mass is 10.0. The predicted octanol–water partition coefficient (Wildman–Crippen LogP) is 3.42. The number of fused-ring (bicyclic) bond motifs is 3. The SMILES string of the molecule is CNc1cc(F)c(C)c2c1[nH]c1nc(Oc3cnc(C)nc3)nc(N3CC(N)C4(CC4)C3)c12. The monoisotopic (exact) mass is 448 g/mol. The van der Waals surface area contributed by atoms with E-state index in [1.54, 1.807) is 33.3 Å². The first-order valence-corrected chi connectivity index (χ1v) is 11.1. The minimum absolute atomic E-state index is 0.0771. The summed E-state index contributed by atoms with van der Waals surface area (Å²) < 4.78 is 20.8. The van der Waals surface area contributed by atoms with Crippen LogP contribution in [0.5, 0.6) is 11.8 Å². The van der Waals surface area contributed by atoms with Gasteiger partial charge in [-0.05, 0) is 38.3 Å². The predicted molar refractivity (Wildman–Crippen MR) is 124 cm³/mol. The van der Waals surface area contributed by atoms with Crippen molar-refractivity contribution in [3.63, 3.8) is 0 Å². The maximum atomic E-state index is 14.8. The number of nitrogens with zero attached hydrogens (tertiary/aromatic N) is 5. The summed E-state index contributed by atoms with van der Waals surface area (Å²) >= 11 is 0. The number of nitrogens with two attached hydrogens (primary N) is 1. The van der Waals surface area contributed by atoms with Crippen molar-refractivity contribution in [2.75, 3.05) is 30.4 Å². The number of aromatic amines is 1. The molecule has 170 valence electrons. The number of nitrogens with one attached hydrogen (secondary N) is 2. The lowest BCUT2D eigenvalue weighted by Crippen LogP contribution is -2.30. The molecule has 1 saturated heterocycles. The van der Waals surface area contributed by atoms with E-state index in [1.165, 1.54) is 6.07 Å². The summed E-state index contributed by atoms with van der Waals surface area (Å²) in [4.78, 5) is 23.3. The molecule has 0 bridgehead atoms. The fourth-order valence-electron chi connectivity index (χ4n) is 4.91. The molecule has 1 saturated carbocycles. The molecule has 4 heterocycles. The third kappa shape index (κ3) is 3.08. The summed E-state index contributed by atoms with van der Waals surface area (Å²) in [6.07, 6.45) is 5.41. The molecular weight excluding hydrogens is 423 g/mol. The Bertz CT molecular complexity index is 1400. The number of hydrogen-bond acceptors (Lipinski definition) is 8. The van der Waals surface area contributed by atoms with Crippen LogP contribution in [0.15, 0.2) is 18.5 Å². The lowest BCUT2D eigenvalue weighted by Gasteiger charge is -2.19. The average molecular weight is 449 g/mol. The van der Waals surface area contributed by atoms with Gasteiger partial charge >= 0.3 is 6.01 Å². The number of aryl methyl sites for hydroxylation is 2. The van der Waals surface area contributed by atoms with E-state index in [9.17, 15) is 4.39 Å². The number of benzene rings is 1. The van der Waals surface area contributed by atoms with E-state index in [1.807, 2.05) is 0 Å². The normalized spacial score (nSPS) is 19.1. The van der Waals surface area contributed by atoms with Gasteiger partial charge in [0.2, 0.25) is 0 Å². The minimum Gasteiger partial charge on any atom is -0.421 e. The molecule has 0 amide bonds. The Balaban J connectivity index is 1.57. The van der Waals surface area contributed by atoms with Gasteiger partial charge in [0, 0.05) is 37.0 Å². The molecule has 10 heteroatoms. The van der Waals surface area contributed by atoms with Gasteiger partial charge in [-0.25, -0.2) is 14.4 Å². The van der Waals surface area contributed by atoms with Gasteiger partial charge in [-0.2, -0.15) is 9.97 Å². The number of anilines is 2. The van der Waals surface area contributed by atoms with Crippen molar-refractivity contribution in [1.82, 2.24) is 24.9 Å². The van der Waals surface area contributed by atoms with Crippen molar-refractivity contribution in [3.8, 4) is 11.8 Å². The highest BCUT2D eigenvalue weighted by atomic mass is 19.1. The van der Waals surface area contributed by atoms with E-state index in [4.69, 9.17) is 15.5 Å². The Hall–Kier alpha value is -3.53. The quantitative estimate of drug-likeness (QED) is 0.435. The molecule has 9 nitrogen and oxygen atoms in total. The number of halogens is 1. The Morgan fingerprint density at radius 2 is 1.97 bits per heavy atom. The van der Waals surface area contributed by atoms with Gasteiger partial charge in [0.1, 0.15) is 23.1 Å². The Morgan fingerprint density at radius 1 is 1.21 bits per heavy atom. The van der Waals surface area contributed by atoms with Crippen LogP contribution in [0.1, 0.15) is 24.2 Å². The topological polar surface area (TPSA) is 118 Å². The average Bonchev–Trinajstić information content (AvgIpc) is 3.37. The lowest BCUT2D eigenvalue weighted by molar-refractivity contribution is 0.439. The van der Waals surface area contributed by atoms with Crippen LogP contribution in [-0.4, -0.2) is 51.1 Å². The van der Waals surface area contributed by atoms with Crippen molar-refractivity contribution in [1.29, 1.82) is 0 Å². The highest BCUT2D eigenvalue weighted by molar-refractivity contribution is 6.16. The van der Waals surface area contributed by atoms with Crippen LogP contribution >= 0.6 is 0 Å². The molecule has 1 atom stereocenters. The smallest absolute Gasteiger partial charge is 0.326 e. The van der Waals surface area contributed by atoms with Gasteiger partial charge in [-0.15, -0.1) is 0 Å². The number of ether oxygens (including phenoxy) is 1. The molecule has 6 rings (SSSR count). The first-order chi connectivity index (χ1) is 15.9. The van der Waals surface area contributed by atoms with Crippen LogP contribution in [0, 0.1) is 25.1 Å². The molecule has 1 aliphatic heterocycles. The van der Waals surface area contributed by atoms with Crippen molar-refractivity contribution >= 4 is 33.4 Å². The van der Waals surface area contributed by atoms with Crippen LogP contribution in [-0.2, 0) is 0 Å². The van der Waals surface area contributed by atoms with Gasteiger partial charge in [-0.1, -0.05) is 0 Å². The van der Waals surface area contributed by atoms with Gasteiger partial charge in [0.15, 0.2) is 5.75 Å². The van der Waals surface area contributed by atoms with Crippen LogP contribution in [0.25, 0.3) is 21.9 Å². The first kappa shape index (κ1) is 20.1. The largest absolute Gasteiger partial charge is 0.421 e. The molecule has 4 N–H and O–H groups in total. The molecular formula is C23H25FN8O. The molecule has 4 aromatic rings. The van der Waals surface area contributed by atoms with Crippen molar-refractivity contribution in [2.24, 2.45) is 11.1 Å². The highest BCUT2D eigenvalue weighted by Crippen LogP contribution is 2.53. The van der Waals surface area contributed by atoms with E-state index >= 15 is 0 Å². The summed E-state index contributed by atoms with van der Waals surface area (Å²) in [5, 5.41) is 4.61. The first-order valence-electron chi connectivity index (χ1n) is 11.1. The molecule has 33 heavy (non-hydrogen) atoms. The van der Waals surface area contributed by atoms with E-state index in [-0.39, 0.29) is 23.3 Å². The maximum Gasteiger partial charge on any atom is 0.326 e. The second-order valence-corrected chi connectivity index (χ2v) is 9.13. The third-order valence-electron chi connectivity index (χ3n) is 7.02. The van der Waals surface area contributed by atoms with Gasteiger partial charge in [0.25, 0.3) is 0 Å². The Kier molecular flexibility index (Phi) is 4.25. The number of rotatable bonds is 4. The number of hydrogen-bond donors (Lipinski definition) is 3. The summed E-state index contributed by atoms with van der Waals surface area (Å²) in [5.74, 6) is 1.50. The number of H-pyrrole nitrogens is 1. The summed E-state index contributed by atoms with van der Waals surface area (Å²) in [6.45, 7) is 5.08. The molecule has 2 aliphatic rings. The van der Waals surface area contributed by atoms with Gasteiger partial charge in [0.05, 0.1) is 29.0 Å². The fourth-order valence-corrected chi connectivity index (χ4v) is 4.91. The Morgan fingerprint density at radius 3 is 2.64 bits per heavy atom. The minimum atomic E-state index is -0.285. The van der Waals surface area contributed by atoms with E-state index < -0.39 is 0 Å². The molecule has 3 aromatic heterocycles. The summed E-state index contributed by atoms with van der Waals surface area (Å²) in [5.41, 5.74) is 9.20. The second-order valence-electron chi connectivity index (χ2n) is 9.13. The van der Waals surface area contributed by atoms with E-state index in [2.05, 4.69) is 30.2 Å². The number of aromatic nitrogens is 5. The van der Waals surface area contributed by atoms with Gasteiger partial charge in [-0.3, -0.25) is 0 Å². The fraction of sp³-hybridized carbons (Fsp3) is 0.391. The van der Waals surface area contributed by atoms with Crippen LogP contribution in [0.3, 0.4) is 0 Å². The maximum absolute atomic E-state index is 14.8. The summed E-state index contributed by atoms with van der Waals surface area (Å²) in [7, 11) is 1.77. The van der Waals surface area contributed by atoms with E-state index in [0.29, 0.717) is 40.8 Å². The molecule has 1 spiro atoms. The van der Waals surface area contributed by atoms with Crippen molar-refractivity contribution in [3.05, 3.63) is 35.7 Å². The highest BCUT2D eigenvalue weighted by Gasteiger charge is 2.54. The van der Waals surface area contributed by atoms with Crippen LogP contribution in [0.2, 0.25) is 0 Å². The van der Waals surface area contributed by atoms with Crippen molar-refractivity contribution < 1.29 is 9.13 Å². The standard InChI is InChI=1S/C23H25FN8O/c1-11-14(24)6-15(26-3)19-17(11)18-20(29-19)30-22(33-13-7-27-12(2)28-8-13)31-21(18)32-9-16(25)23(10-32)4-5-23/h6-8,16,26H,4-5,9-10,25H2,1-3H3,(H,29,30,31). The molecule has 1 aliphatic carbocycles. The zero-order valence-electron chi connectivity index (χ0n) is 18.7. The molecule has 2 fully saturated rings. The van der Waals surface area contributed by atoms with Crippen LogP contribution in [0.4, 0.5) is 15.9 Å². The van der Waals surface area contributed by atoms with Gasteiger partial charge < -0.3 is 25.7 Å². The third-order valence-corrected chi connectivity index (χ3v) is 7.02.